The van der Waals surface area contributed by atoms with Gasteiger partial charge in [0.15, 0.2) is 0 Å². The van der Waals surface area contributed by atoms with Gasteiger partial charge in [-0.3, -0.25) is 4.79 Å². The van der Waals surface area contributed by atoms with Gasteiger partial charge in [-0.1, -0.05) is 6.07 Å². The van der Waals surface area contributed by atoms with E-state index in [-0.39, 0.29) is 11.9 Å². The van der Waals surface area contributed by atoms with Crippen LogP contribution < -0.4 is 20.1 Å². The van der Waals surface area contributed by atoms with Crippen molar-refractivity contribution in [3.05, 3.63) is 23.8 Å². The number of benzene rings is 1. The van der Waals surface area contributed by atoms with Crippen LogP contribution in [0.15, 0.2) is 18.2 Å². The van der Waals surface area contributed by atoms with Crippen LogP contribution in [0.5, 0.6) is 11.5 Å². The molecule has 0 aliphatic carbocycles. The lowest BCUT2D eigenvalue weighted by Gasteiger charge is -2.23. The molecule has 0 aromatic heterocycles. The fourth-order valence-electron chi connectivity index (χ4n) is 2.20. The van der Waals surface area contributed by atoms with Gasteiger partial charge in [0.2, 0.25) is 5.91 Å². The minimum atomic E-state index is -0.111. The first-order chi connectivity index (χ1) is 9.24. The van der Waals surface area contributed by atoms with Crippen molar-refractivity contribution in [3.8, 4) is 11.5 Å². The van der Waals surface area contributed by atoms with Crippen molar-refractivity contribution in [3.63, 3.8) is 0 Å². The third kappa shape index (κ3) is 3.38. The Morgan fingerprint density at radius 3 is 2.89 bits per heavy atom. The summed E-state index contributed by atoms with van der Waals surface area (Å²) in [5.41, 5.74) is 1.02. The van der Waals surface area contributed by atoms with Crippen LogP contribution in [0.2, 0.25) is 0 Å². The SMILES string of the molecule is COc1ccc(CNC2CCCNC2=O)c(OC)c1. The summed E-state index contributed by atoms with van der Waals surface area (Å²) in [5.74, 6) is 1.61. The summed E-state index contributed by atoms with van der Waals surface area (Å²) in [7, 11) is 3.25. The highest BCUT2D eigenvalue weighted by molar-refractivity contribution is 5.82. The first-order valence-electron chi connectivity index (χ1n) is 6.46. The van der Waals surface area contributed by atoms with Crippen molar-refractivity contribution >= 4 is 5.91 Å². The molecule has 1 fully saturated rings. The molecule has 1 atom stereocenters. The van der Waals surface area contributed by atoms with Gasteiger partial charge in [-0.15, -0.1) is 0 Å². The van der Waals surface area contributed by atoms with E-state index in [9.17, 15) is 4.79 Å². The molecule has 2 N–H and O–H groups in total. The van der Waals surface area contributed by atoms with Crippen LogP contribution in [-0.2, 0) is 11.3 Å². The van der Waals surface area contributed by atoms with Gasteiger partial charge < -0.3 is 20.1 Å². The molecular formula is C14H20N2O3. The maximum atomic E-state index is 11.6. The normalized spacial score (nSPS) is 18.8. The van der Waals surface area contributed by atoms with Gasteiger partial charge in [0.25, 0.3) is 0 Å². The molecule has 0 bridgehead atoms. The Morgan fingerprint density at radius 2 is 2.21 bits per heavy atom. The molecule has 1 aromatic carbocycles. The van der Waals surface area contributed by atoms with Gasteiger partial charge in [0, 0.05) is 24.7 Å². The molecule has 1 amide bonds. The van der Waals surface area contributed by atoms with E-state index in [0.29, 0.717) is 6.54 Å². The molecule has 0 saturated carbocycles. The van der Waals surface area contributed by atoms with Crippen LogP contribution in [-0.4, -0.2) is 32.7 Å². The molecule has 2 rings (SSSR count). The Hall–Kier alpha value is -1.75. The Morgan fingerprint density at radius 1 is 1.37 bits per heavy atom. The summed E-state index contributed by atoms with van der Waals surface area (Å²) < 4.78 is 10.5. The van der Waals surface area contributed by atoms with Gasteiger partial charge in [-0.2, -0.15) is 0 Å². The molecule has 0 radical (unpaired) electrons. The summed E-state index contributed by atoms with van der Waals surface area (Å²) in [6, 6.07) is 5.57. The molecule has 5 heteroatoms. The molecule has 1 aromatic rings. The van der Waals surface area contributed by atoms with E-state index in [1.54, 1.807) is 14.2 Å². The number of carbonyl (C=O) groups is 1. The maximum Gasteiger partial charge on any atom is 0.237 e. The first-order valence-corrected chi connectivity index (χ1v) is 6.46. The second kappa shape index (κ2) is 6.43. The highest BCUT2D eigenvalue weighted by atomic mass is 16.5. The van der Waals surface area contributed by atoms with Gasteiger partial charge in [-0.25, -0.2) is 0 Å². The summed E-state index contributed by atoms with van der Waals surface area (Å²) in [4.78, 5) is 11.6. The minimum Gasteiger partial charge on any atom is -0.497 e. The highest BCUT2D eigenvalue weighted by Gasteiger charge is 2.21. The van der Waals surface area contributed by atoms with E-state index in [0.717, 1.165) is 36.4 Å². The van der Waals surface area contributed by atoms with Crippen molar-refractivity contribution in [1.82, 2.24) is 10.6 Å². The lowest BCUT2D eigenvalue weighted by Crippen LogP contribution is -2.47. The zero-order chi connectivity index (χ0) is 13.7. The van der Waals surface area contributed by atoms with Crippen molar-refractivity contribution in [2.45, 2.75) is 25.4 Å². The summed E-state index contributed by atoms with van der Waals surface area (Å²) in [5, 5.41) is 6.13. The Kier molecular flexibility index (Phi) is 4.63. The Balaban J connectivity index is 2.00. The van der Waals surface area contributed by atoms with Crippen molar-refractivity contribution < 1.29 is 14.3 Å². The van der Waals surface area contributed by atoms with Crippen LogP contribution >= 0.6 is 0 Å². The number of rotatable bonds is 5. The molecular weight excluding hydrogens is 244 g/mol. The van der Waals surface area contributed by atoms with Crippen LogP contribution in [0.1, 0.15) is 18.4 Å². The summed E-state index contributed by atoms with van der Waals surface area (Å²) >= 11 is 0. The predicted molar refractivity (Wildman–Crippen MR) is 72.4 cm³/mol. The second-order valence-corrected chi connectivity index (χ2v) is 4.54. The molecule has 5 nitrogen and oxygen atoms in total. The maximum absolute atomic E-state index is 11.6. The van der Waals surface area contributed by atoms with E-state index in [1.165, 1.54) is 0 Å². The number of piperidine rings is 1. The molecule has 0 spiro atoms. The van der Waals surface area contributed by atoms with Gasteiger partial charge in [0.05, 0.1) is 20.3 Å². The fraction of sp³-hybridized carbons (Fsp3) is 0.500. The molecule has 1 aliphatic heterocycles. The lowest BCUT2D eigenvalue weighted by molar-refractivity contribution is -0.124. The van der Waals surface area contributed by atoms with E-state index >= 15 is 0 Å². The molecule has 1 unspecified atom stereocenters. The molecule has 104 valence electrons. The van der Waals surface area contributed by atoms with Crippen molar-refractivity contribution in [1.29, 1.82) is 0 Å². The van der Waals surface area contributed by atoms with Gasteiger partial charge >= 0.3 is 0 Å². The highest BCUT2D eigenvalue weighted by Crippen LogP contribution is 2.24. The molecule has 1 saturated heterocycles. The van der Waals surface area contributed by atoms with E-state index in [4.69, 9.17) is 9.47 Å². The quantitative estimate of drug-likeness (QED) is 0.835. The Labute approximate surface area is 113 Å². The van der Waals surface area contributed by atoms with Crippen LogP contribution in [0.25, 0.3) is 0 Å². The first kappa shape index (κ1) is 13.7. The van der Waals surface area contributed by atoms with E-state index < -0.39 is 0 Å². The average molecular weight is 264 g/mol. The number of methoxy groups -OCH3 is 2. The van der Waals surface area contributed by atoms with Crippen molar-refractivity contribution in [2.75, 3.05) is 20.8 Å². The summed E-state index contributed by atoms with van der Waals surface area (Å²) in [6.45, 7) is 1.38. The monoisotopic (exact) mass is 264 g/mol. The largest absolute Gasteiger partial charge is 0.497 e. The van der Waals surface area contributed by atoms with Gasteiger partial charge in [-0.05, 0) is 18.9 Å². The van der Waals surface area contributed by atoms with E-state index in [2.05, 4.69) is 10.6 Å². The number of hydrogen-bond acceptors (Lipinski definition) is 4. The fourth-order valence-corrected chi connectivity index (χ4v) is 2.20. The molecule has 1 aliphatic rings. The molecule has 1 heterocycles. The zero-order valence-corrected chi connectivity index (χ0v) is 11.4. The smallest absolute Gasteiger partial charge is 0.237 e. The number of hydrogen-bond donors (Lipinski definition) is 2. The average Bonchev–Trinajstić information content (AvgIpc) is 2.46. The number of carbonyl (C=O) groups excluding carboxylic acids is 1. The molecule has 19 heavy (non-hydrogen) atoms. The third-order valence-corrected chi connectivity index (χ3v) is 3.32. The van der Waals surface area contributed by atoms with Crippen LogP contribution in [0, 0.1) is 0 Å². The second-order valence-electron chi connectivity index (χ2n) is 4.54. The van der Waals surface area contributed by atoms with Gasteiger partial charge in [0.1, 0.15) is 11.5 Å². The standard InChI is InChI=1S/C14H20N2O3/c1-18-11-6-5-10(13(8-11)19-2)9-16-12-4-3-7-15-14(12)17/h5-6,8,12,16H,3-4,7,9H2,1-2H3,(H,15,17). The topological polar surface area (TPSA) is 59.6 Å². The third-order valence-electron chi connectivity index (χ3n) is 3.32. The van der Waals surface area contributed by atoms with Crippen LogP contribution in [0.3, 0.4) is 0 Å². The summed E-state index contributed by atoms with van der Waals surface area (Å²) in [6.07, 6.45) is 1.90. The lowest BCUT2D eigenvalue weighted by atomic mass is 10.1. The zero-order valence-electron chi connectivity index (χ0n) is 11.4. The van der Waals surface area contributed by atoms with E-state index in [1.807, 2.05) is 18.2 Å². The number of amides is 1. The minimum absolute atomic E-state index is 0.0822. The number of nitrogens with one attached hydrogen (secondary N) is 2. The Bertz CT molecular complexity index is 448. The number of ether oxygens (including phenoxy) is 2. The van der Waals surface area contributed by atoms with Crippen molar-refractivity contribution in [2.24, 2.45) is 0 Å². The van der Waals surface area contributed by atoms with Crippen LogP contribution in [0.4, 0.5) is 0 Å². The predicted octanol–water partition coefficient (Wildman–Crippen LogP) is 1.07.